The summed E-state index contributed by atoms with van der Waals surface area (Å²) in [6.45, 7) is 5.79. The fourth-order valence-electron chi connectivity index (χ4n) is 3.53. The third-order valence-electron chi connectivity index (χ3n) is 5.11. The first-order chi connectivity index (χ1) is 12.9. The van der Waals surface area contributed by atoms with Gasteiger partial charge in [-0.05, 0) is 60.8 Å². The minimum atomic E-state index is -0.276. The molecule has 0 spiro atoms. The van der Waals surface area contributed by atoms with Crippen LogP contribution in [0.1, 0.15) is 24.5 Å². The van der Waals surface area contributed by atoms with E-state index < -0.39 is 0 Å². The number of nitrogens with one attached hydrogen (secondary N) is 1. The minimum absolute atomic E-state index is 0.0998. The van der Waals surface area contributed by atoms with Gasteiger partial charge in [-0.1, -0.05) is 19.1 Å². The maximum absolute atomic E-state index is 13.2. The van der Waals surface area contributed by atoms with Crippen molar-refractivity contribution in [2.24, 2.45) is 5.41 Å². The van der Waals surface area contributed by atoms with Crippen LogP contribution in [-0.2, 0) is 13.1 Å². The number of nitrogens with zero attached hydrogens (tertiary/aromatic N) is 3. The van der Waals surface area contributed by atoms with E-state index in [1.165, 1.54) is 12.1 Å². The molecule has 2 aromatic rings. The molecule has 1 saturated heterocycles. The monoisotopic (exact) mass is 370 g/mol. The predicted molar refractivity (Wildman–Crippen MR) is 104 cm³/mol. The van der Waals surface area contributed by atoms with E-state index in [1.807, 2.05) is 12.1 Å². The van der Waals surface area contributed by atoms with E-state index in [0.29, 0.717) is 19.6 Å². The molecule has 3 rings (SSSR count). The van der Waals surface area contributed by atoms with Gasteiger partial charge in [0.2, 0.25) is 0 Å². The average Bonchev–Trinajstić information content (AvgIpc) is 3.01. The Hall–Kier alpha value is -2.47. The fraction of sp³-hybridized carbons (Fsp3) is 0.429. The van der Waals surface area contributed by atoms with Crippen LogP contribution in [0.3, 0.4) is 0 Å². The van der Waals surface area contributed by atoms with Crippen LogP contribution >= 0.6 is 0 Å². The highest BCUT2D eigenvalue weighted by molar-refractivity contribution is 5.74. The zero-order valence-electron chi connectivity index (χ0n) is 16.0. The van der Waals surface area contributed by atoms with Crippen molar-refractivity contribution in [3.63, 3.8) is 0 Å². The molecule has 1 atom stereocenters. The topological polar surface area (TPSA) is 48.5 Å². The second kappa shape index (κ2) is 8.48. The van der Waals surface area contributed by atoms with Crippen LogP contribution in [0.4, 0.5) is 9.18 Å². The molecular weight excluding hydrogens is 343 g/mol. The molecule has 0 radical (unpaired) electrons. The first-order valence-electron chi connectivity index (χ1n) is 9.28. The molecule has 1 fully saturated rings. The molecule has 0 saturated carbocycles. The molecular formula is C21H27FN4O. The molecule has 1 aromatic heterocycles. The van der Waals surface area contributed by atoms with Gasteiger partial charge >= 0.3 is 6.03 Å². The quantitative estimate of drug-likeness (QED) is 0.849. The molecule has 2 amide bonds. The number of hydrogen-bond donors (Lipinski definition) is 1. The van der Waals surface area contributed by atoms with E-state index in [-0.39, 0.29) is 17.3 Å². The van der Waals surface area contributed by atoms with Gasteiger partial charge in [-0.15, -0.1) is 0 Å². The molecule has 5 nitrogen and oxygen atoms in total. The first-order valence-corrected chi connectivity index (χ1v) is 9.28. The number of amides is 2. The first kappa shape index (κ1) is 19.3. The van der Waals surface area contributed by atoms with Crippen LogP contribution in [0.15, 0.2) is 48.8 Å². The van der Waals surface area contributed by atoms with Crippen molar-refractivity contribution >= 4 is 6.03 Å². The Balaban J connectivity index is 1.68. The smallest absolute Gasteiger partial charge is 0.318 e. The molecule has 6 heteroatoms. The molecule has 144 valence electrons. The second-order valence-electron chi connectivity index (χ2n) is 7.80. The Morgan fingerprint density at radius 1 is 1.19 bits per heavy atom. The van der Waals surface area contributed by atoms with E-state index in [9.17, 15) is 9.18 Å². The highest BCUT2D eigenvalue weighted by Gasteiger charge is 2.32. The lowest BCUT2D eigenvalue weighted by atomic mass is 9.90. The molecule has 0 bridgehead atoms. The summed E-state index contributed by atoms with van der Waals surface area (Å²) in [5, 5.41) is 3.11. The van der Waals surface area contributed by atoms with E-state index in [1.54, 1.807) is 29.4 Å². The lowest BCUT2D eigenvalue weighted by molar-refractivity contribution is 0.185. The summed E-state index contributed by atoms with van der Waals surface area (Å²) in [6.07, 6.45) is 4.52. The van der Waals surface area contributed by atoms with Crippen molar-refractivity contribution in [3.05, 3.63) is 65.7 Å². The van der Waals surface area contributed by atoms with E-state index in [4.69, 9.17) is 0 Å². The van der Waals surface area contributed by atoms with Crippen molar-refractivity contribution in [1.29, 1.82) is 0 Å². The molecule has 27 heavy (non-hydrogen) atoms. The number of pyridine rings is 1. The number of carbonyl (C=O) groups excluding carboxylic acids is 1. The van der Waals surface area contributed by atoms with E-state index in [0.717, 1.165) is 30.6 Å². The Labute approximate surface area is 160 Å². The maximum atomic E-state index is 13.2. The number of urea groups is 1. The summed E-state index contributed by atoms with van der Waals surface area (Å²) in [6, 6.07) is 9.98. The third-order valence-corrected chi connectivity index (χ3v) is 5.11. The molecule has 2 heterocycles. The maximum Gasteiger partial charge on any atom is 0.318 e. The summed E-state index contributed by atoms with van der Waals surface area (Å²) in [5.74, 6) is -0.276. The molecule has 1 aromatic carbocycles. The Bertz CT molecular complexity index is 753. The van der Waals surface area contributed by atoms with Gasteiger partial charge in [-0.3, -0.25) is 4.98 Å². The number of hydrogen-bond acceptors (Lipinski definition) is 3. The molecule has 1 unspecified atom stereocenters. The standard InChI is InChI=1S/C21H27FN4O/c1-21(9-12-25(2)16-21)15-24-20(27)26(14-18-7-10-23-11-8-18)13-17-3-5-19(22)6-4-17/h3-8,10-11H,9,12-16H2,1-2H3,(H,24,27). The van der Waals surface area contributed by atoms with Crippen LogP contribution in [0.25, 0.3) is 0 Å². The molecule has 1 N–H and O–H groups in total. The normalized spacial score (nSPS) is 19.8. The average molecular weight is 370 g/mol. The number of aromatic nitrogens is 1. The number of likely N-dealkylation sites (tertiary alicyclic amines) is 1. The van der Waals surface area contributed by atoms with Gasteiger partial charge in [0.05, 0.1) is 0 Å². The van der Waals surface area contributed by atoms with Crippen LogP contribution in [0, 0.1) is 11.2 Å². The Kier molecular flexibility index (Phi) is 6.06. The summed E-state index contributed by atoms with van der Waals surface area (Å²) in [5.41, 5.74) is 2.00. The lowest BCUT2D eigenvalue weighted by Gasteiger charge is -2.28. The van der Waals surface area contributed by atoms with Gasteiger partial charge in [0.15, 0.2) is 0 Å². The summed E-state index contributed by atoms with van der Waals surface area (Å²) >= 11 is 0. The predicted octanol–water partition coefficient (Wildman–Crippen LogP) is 3.27. The van der Waals surface area contributed by atoms with Gasteiger partial charge in [-0.25, -0.2) is 9.18 Å². The fourth-order valence-corrected chi connectivity index (χ4v) is 3.53. The molecule has 1 aliphatic rings. The van der Waals surface area contributed by atoms with Crippen molar-refractivity contribution in [2.75, 3.05) is 26.7 Å². The van der Waals surface area contributed by atoms with Crippen molar-refractivity contribution in [1.82, 2.24) is 20.1 Å². The SMILES string of the molecule is CN1CCC(C)(CNC(=O)N(Cc2ccncc2)Cc2ccc(F)cc2)C1. The van der Waals surface area contributed by atoms with Gasteiger partial charge < -0.3 is 15.1 Å². The van der Waals surface area contributed by atoms with Crippen LogP contribution in [-0.4, -0.2) is 47.5 Å². The number of benzene rings is 1. The number of carbonyl (C=O) groups is 1. The Morgan fingerprint density at radius 2 is 1.81 bits per heavy atom. The summed E-state index contributed by atoms with van der Waals surface area (Å²) in [4.78, 5) is 21.0. The van der Waals surface area contributed by atoms with Crippen LogP contribution in [0.2, 0.25) is 0 Å². The summed E-state index contributed by atoms with van der Waals surface area (Å²) < 4.78 is 13.2. The van der Waals surface area contributed by atoms with Crippen molar-refractivity contribution in [3.8, 4) is 0 Å². The number of halogens is 1. The van der Waals surface area contributed by atoms with Gasteiger partial charge in [-0.2, -0.15) is 0 Å². The molecule has 1 aliphatic heterocycles. The van der Waals surface area contributed by atoms with Crippen LogP contribution in [0.5, 0.6) is 0 Å². The van der Waals surface area contributed by atoms with Crippen molar-refractivity contribution in [2.45, 2.75) is 26.4 Å². The van der Waals surface area contributed by atoms with Crippen molar-refractivity contribution < 1.29 is 9.18 Å². The minimum Gasteiger partial charge on any atom is -0.337 e. The Morgan fingerprint density at radius 3 is 2.41 bits per heavy atom. The van der Waals surface area contributed by atoms with Gasteiger partial charge in [0.25, 0.3) is 0 Å². The van der Waals surface area contributed by atoms with E-state index in [2.05, 4.69) is 29.2 Å². The van der Waals surface area contributed by atoms with Crippen LogP contribution < -0.4 is 5.32 Å². The largest absolute Gasteiger partial charge is 0.337 e. The highest BCUT2D eigenvalue weighted by Crippen LogP contribution is 2.28. The van der Waals surface area contributed by atoms with E-state index >= 15 is 0 Å². The summed E-state index contributed by atoms with van der Waals surface area (Å²) in [7, 11) is 2.11. The zero-order valence-corrected chi connectivity index (χ0v) is 16.0. The third kappa shape index (κ3) is 5.50. The van der Waals surface area contributed by atoms with Gasteiger partial charge in [0.1, 0.15) is 5.82 Å². The highest BCUT2D eigenvalue weighted by atomic mass is 19.1. The zero-order chi connectivity index (χ0) is 19.3. The number of rotatable bonds is 6. The second-order valence-corrected chi connectivity index (χ2v) is 7.80. The molecule has 0 aliphatic carbocycles. The lowest BCUT2D eigenvalue weighted by Crippen LogP contribution is -2.44. The van der Waals surface area contributed by atoms with Gasteiger partial charge in [0, 0.05) is 38.6 Å².